The van der Waals surface area contributed by atoms with Gasteiger partial charge in [0.15, 0.2) is 0 Å². The molecule has 1 N–H and O–H groups in total. The van der Waals surface area contributed by atoms with Crippen LogP contribution in [0.3, 0.4) is 0 Å². The Balaban J connectivity index is 1.57. The second-order valence-corrected chi connectivity index (χ2v) is 6.06. The van der Waals surface area contributed by atoms with Gasteiger partial charge in [0.1, 0.15) is 0 Å². The first-order valence-corrected chi connectivity index (χ1v) is 8.68. The van der Waals surface area contributed by atoms with Crippen LogP contribution in [-0.2, 0) is 6.54 Å². The molecule has 0 radical (unpaired) electrons. The van der Waals surface area contributed by atoms with Crippen LogP contribution in [0.25, 0.3) is 11.4 Å². The zero-order valence-electron chi connectivity index (χ0n) is 14.7. The van der Waals surface area contributed by atoms with Crippen molar-refractivity contribution in [2.24, 2.45) is 4.99 Å². The number of hydrogen-bond acceptors (Lipinski definition) is 3. The fourth-order valence-electron chi connectivity index (χ4n) is 3.03. The molecule has 0 unspecified atom stereocenters. The first-order chi connectivity index (χ1) is 12.3. The number of amidine groups is 1. The van der Waals surface area contributed by atoms with Crippen LogP contribution in [0.1, 0.15) is 12.6 Å². The molecule has 1 fully saturated rings. The summed E-state index contributed by atoms with van der Waals surface area (Å²) in [7, 11) is 0. The van der Waals surface area contributed by atoms with Crippen molar-refractivity contribution in [3.05, 3.63) is 55.0 Å². The predicted molar refractivity (Wildman–Crippen MR) is 106 cm³/mol. The van der Waals surface area contributed by atoms with Gasteiger partial charge in [-0.1, -0.05) is 6.07 Å². The van der Waals surface area contributed by atoms with Crippen LogP contribution in [0.15, 0.2) is 54.3 Å². The van der Waals surface area contributed by atoms with Crippen LogP contribution in [0.2, 0.25) is 0 Å². The molecule has 1 aliphatic heterocycles. The Morgan fingerprint density at radius 1 is 1.28 bits per heavy atom. The van der Waals surface area contributed by atoms with E-state index < -0.39 is 0 Å². The summed E-state index contributed by atoms with van der Waals surface area (Å²) in [5, 5.41) is 0. The van der Waals surface area contributed by atoms with Crippen LogP contribution < -0.4 is 0 Å². The quantitative estimate of drug-likeness (QED) is 0.519. The van der Waals surface area contributed by atoms with Crippen molar-refractivity contribution in [1.29, 1.82) is 0 Å². The summed E-state index contributed by atoms with van der Waals surface area (Å²) < 4.78 is 0. The second kappa shape index (κ2) is 8.58. The Labute approximate surface area is 150 Å². The van der Waals surface area contributed by atoms with Crippen molar-refractivity contribution in [3.8, 4) is 11.4 Å². The molecule has 0 atom stereocenters. The number of H-pyrrole nitrogens is 1. The monoisotopic (exact) mass is 333 g/mol. The summed E-state index contributed by atoms with van der Waals surface area (Å²) in [6.07, 6.45) is 3.55. The molecular weight excluding hydrogens is 309 g/mol. The zero-order valence-corrected chi connectivity index (χ0v) is 14.7. The van der Waals surface area contributed by atoms with Gasteiger partial charge in [0.05, 0.1) is 0 Å². The molecule has 1 aliphatic rings. The number of aromatic amines is 1. The van der Waals surface area contributed by atoms with Gasteiger partial charge < -0.3 is 0 Å². The maximum atomic E-state index is 4.51. The van der Waals surface area contributed by atoms with E-state index in [1.54, 1.807) is 6.20 Å². The predicted octanol–water partition coefficient (Wildman–Crippen LogP) is 2.22. The topological polar surface area (TPSA) is 47.5 Å². The Kier molecular flexibility index (Phi) is 5.96. The first kappa shape index (κ1) is 17.4. The third-order valence-corrected chi connectivity index (χ3v) is 4.31. The van der Waals surface area contributed by atoms with Crippen molar-refractivity contribution >= 4 is 18.6 Å². The molecule has 0 amide bonds. The van der Waals surface area contributed by atoms with Crippen molar-refractivity contribution in [3.63, 3.8) is 0 Å². The summed E-state index contributed by atoms with van der Waals surface area (Å²) >= 11 is 0. The number of nitrogens with one attached hydrogen (secondary N) is 1. The number of imidazole rings is 1. The van der Waals surface area contributed by atoms with Crippen molar-refractivity contribution in [2.75, 3.05) is 26.2 Å². The second-order valence-electron chi connectivity index (χ2n) is 6.06. The fourth-order valence-corrected chi connectivity index (χ4v) is 3.03. The van der Waals surface area contributed by atoms with E-state index in [2.05, 4.69) is 43.5 Å². The van der Waals surface area contributed by atoms with Crippen LogP contribution in [0, 0.1) is 0 Å². The number of benzene rings is 1. The van der Waals surface area contributed by atoms with Gasteiger partial charge in [-0.05, 0) is 0 Å². The molecule has 0 aliphatic carbocycles. The summed E-state index contributed by atoms with van der Waals surface area (Å²) in [4.78, 5) is 17.1. The van der Waals surface area contributed by atoms with Gasteiger partial charge >= 0.3 is 143 Å². The SMILES string of the molecule is C=CN=C(B=CC)N1CCN(Cc2cnc(-c3ccccc3)[nH]2)CC1. The Bertz CT molecular complexity index is 742. The number of piperazine rings is 1. The molecule has 1 aromatic heterocycles. The number of hydrogen-bond donors (Lipinski definition) is 1. The van der Waals surface area contributed by atoms with E-state index >= 15 is 0 Å². The minimum absolute atomic E-state index is 0.894. The van der Waals surface area contributed by atoms with Gasteiger partial charge in [-0.2, -0.15) is 0 Å². The van der Waals surface area contributed by atoms with Gasteiger partial charge in [0.2, 0.25) is 0 Å². The van der Waals surface area contributed by atoms with E-state index in [0.29, 0.717) is 0 Å². The maximum absolute atomic E-state index is 4.51. The number of nitrogens with zero attached hydrogens (tertiary/aromatic N) is 4. The molecule has 3 rings (SSSR count). The molecule has 1 aromatic carbocycles. The molecule has 0 saturated carbocycles. The Morgan fingerprint density at radius 2 is 2.04 bits per heavy atom. The van der Waals surface area contributed by atoms with Crippen LogP contribution in [0.5, 0.6) is 0 Å². The number of rotatable bonds is 5. The van der Waals surface area contributed by atoms with E-state index in [1.165, 1.54) is 0 Å². The molecule has 6 heteroatoms. The first-order valence-electron chi connectivity index (χ1n) is 8.68. The minimum atomic E-state index is 0.894. The Morgan fingerprint density at radius 3 is 2.72 bits per heavy atom. The van der Waals surface area contributed by atoms with Crippen molar-refractivity contribution < 1.29 is 0 Å². The summed E-state index contributed by atoms with van der Waals surface area (Å²) in [5.41, 5.74) is 3.26. The van der Waals surface area contributed by atoms with E-state index in [1.807, 2.05) is 44.2 Å². The molecule has 0 bridgehead atoms. The Hall–Kier alpha value is -2.47. The van der Waals surface area contributed by atoms with E-state index in [-0.39, 0.29) is 0 Å². The van der Waals surface area contributed by atoms with Crippen LogP contribution in [0.4, 0.5) is 0 Å². The van der Waals surface area contributed by atoms with Gasteiger partial charge in [-0.3, -0.25) is 0 Å². The number of aromatic nitrogens is 2. The van der Waals surface area contributed by atoms with Crippen molar-refractivity contribution in [1.82, 2.24) is 19.8 Å². The molecular formula is C19H24BN5. The van der Waals surface area contributed by atoms with E-state index in [9.17, 15) is 0 Å². The third-order valence-electron chi connectivity index (χ3n) is 4.31. The molecule has 5 nitrogen and oxygen atoms in total. The van der Waals surface area contributed by atoms with Gasteiger partial charge in [-0.25, -0.2) is 0 Å². The fraction of sp³-hybridized carbons (Fsp3) is 0.316. The van der Waals surface area contributed by atoms with Crippen LogP contribution >= 0.6 is 0 Å². The standard InChI is InChI=1S/C19H24BN5/c1-3-20-19(21-4-2)25-12-10-24(11-13-25)15-17-14-22-18(23-17)16-8-6-5-7-9-16/h3-9,14H,2,10-13,15H2,1H3,(H,22,23). The van der Waals surface area contributed by atoms with E-state index in [4.69, 9.17) is 0 Å². The number of aliphatic imine (C=N–C) groups is 1. The normalized spacial score (nSPS) is 16.2. The molecule has 1 saturated heterocycles. The summed E-state index contributed by atoms with van der Waals surface area (Å²) in [5.74, 6) is 2.95. The average molecular weight is 333 g/mol. The molecule has 2 aromatic rings. The zero-order chi connectivity index (χ0) is 17.5. The van der Waals surface area contributed by atoms with Crippen molar-refractivity contribution in [2.45, 2.75) is 13.5 Å². The molecule has 0 spiro atoms. The van der Waals surface area contributed by atoms with Gasteiger partial charge in [0.25, 0.3) is 0 Å². The summed E-state index contributed by atoms with van der Waals surface area (Å²) in [6.45, 7) is 12.6. The van der Waals surface area contributed by atoms with Gasteiger partial charge in [0, 0.05) is 0 Å². The average Bonchev–Trinajstić information content (AvgIpc) is 3.11. The van der Waals surface area contributed by atoms with Gasteiger partial charge in [-0.15, -0.1) is 0 Å². The van der Waals surface area contributed by atoms with E-state index in [0.717, 1.165) is 55.5 Å². The molecule has 2 heterocycles. The van der Waals surface area contributed by atoms with Crippen LogP contribution in [-0.4, -0.2) is 64.6 Å². The molecule has 128 valence electrons. The third kappa shape index (κ3) is 4.54. The molecule has 25 heavy (non-hydrogen) atoms. The summed E-state index contributed by atoms with van der Waals surface area (Å²) in [6, 6.07) is 10.2.